The molecule has 16 heavy (non-hydrogen) atoms. The van der Waals surface area contributed by atoms with Crippen LogP contribution in [0.25, 0.3) is 0 Å². The molecule has 0 rings (SSSR count). The summed E-state index contributed by atoms with van der Waals surface area (Å²) < 4.78 is 0. The summed E-state index contributed by atoms with van der Waals surface area (Å²) in [6.07, 6.45) is 6.05. The molecular formula is C14H28OSi. The van der Waals surface area contributed by atoms with Crippen molar-refractivity contribution in [2.75, 3.05) is 0 Å². The third-order valence-electron chi connectivity index (χ3n) is 3.76. The molecule has 0 aromatic rings. The molecule has 0 fully saturated rings. The molecular weight excluding hydrogens is 212 g/mol. The van der Waals surface area contributed by atoms with E-state index >= 15 is 0 Å². The molecule has 0 aliphatic carbocycles. The molecule has 0 spiro atoms. The van der Waals surface area contributed by atoms with E-state index in [1.807, 2.05) is 6.08 Å². The van der Waals surface area contributed by atoms with E-state index in [0.717, 1.165) is 12.8 Å². The molecule has 0 heterocycles. The average Bonchev–Trinajstić information content (AvgIpc) is 2.32. The highest BCUT2D eigenvalue weighted by Gasteiger charge is 2.22. The van der Waals surface area contributed by atoms with Gasteiger partial charge in [0, 0.05) is 6.42 Å². The van der Waals surface area contributed by atoms with Crippen LogP contribution in [0.1, 0.15) is 53.4 Å². The van der Waals surface area contributed by atoms with Crippen molar-refractivity contribution in [1.29, 1.82) is 0 Å². The number of carbonyl (C=O) groups excluding carboxylic acids is 1. The van der Waals surface area contributed by atoms with E-state index in [0.29, 0.717) is 5.78 Å². The fourth-order valence-electron chi connectivity index (χ4n) is 2.01. The number of rotatable bonds is 9. The molecule has 0 aromatic carbocycles. The van der Waals surface area contributed by atoms with Gasteiger partial charge in [0.1, 0.15) is 0 Å². The molecule has 0 aliphatic heterocycles. The number of carbonyl (C=O) groups is 1. The second-order valence-electron chi connectivity index (χ2n) is 4.68. The molecule has 94 valence electrons. The topological polar surface area (TPSA) is 17.1 Å². The molecule has 0 aliphatic rings. The van der Waals surface area contributed by atoms with Crippen LogP contribution in [0.3, 0.4) is 0 Å². The van der Waals surface area contributed by atoms with Gasteiger partial charge in [0.15, 0.2) is 5.78 Å². The Balaban J connectivity index is 4.17. The van der Waals surface area contributed by atoms with E-state index in [9.17, 15) is 4.79 Å². The van der Waals surface area contributed by atoms with Gasteiger partial charge in [-0.25, -0.2) is 0 Å². The molecule has 0 amide bonds. The summed E-state index contributed by atoms with van der Waals surface area (Å²) in [4.78, 5) is 11.6. The Labute approximate surface area is 102 Å². The van der Waals surface area contributed by atoms with Gasteiger partial charge in [-0.3, -0.25) is 4.79 Å². The van der Waals surface area contributed by atoms with Crippen molar-refractivity contribution in [3.63, 3.8) is 0 Å². The van der Waals surface area contributed by atoms with Gasteiger partial charge in [-0.15, -0.1) is 0 Å². The van der Waals surface area contributed by atoms with Gasteiger partial charge in [-0.05, 0) is 12.5 Å². The molecule has 0 saturated heterocycles. The minimum Gasteiger partial charge on any atom is -0.295 e. The Kier molecular flexibility index (Phi) is 8.54. The highest BCUT2D eigenvalue weighted by molar-refractivity contribution is 6.84. The van der Waals surface area contributed by atoms with Crippen molar-refractivity contribution in [3.8, 4) is 0 Å². The summed E-state index contributed by atoms with van der Waals surface area (Å²) in [7, 11) is -1.23. The van der Waals surface area contributed by atoms with Gasteiger partial charge in [-0.2, -0.15) is 0 Å². The smallest absolute Gasteiger partial charge is 0.154 e. The lowest BCUT2D eigenvalue weighted by molar-refractivity contribution is -0.114. The Bertz CT molecular complexity index is 209. The van der Waals surface area contributed by atoms with Gasteiger partial charge >= 0.3 is 0 Å². The molecule has 0 atom stereocenters. The number of unbranched alkanes of at least 4 members (excludes halogenated alkanes) is 2. The summed E-state index contributed by atoms with van der Waals surface area (Å²) >= 11 is 0. The van der Waals surface area contributed by atoms with Crippen molar-refractivity contribution in [2.45, 2.75) is 71.5 Å². The molecule has 1 nitrogen and oxygen atoms in total. The third-order valence-corrected chi connectivity index (χ3v) is 8.86. The number of ketones is 1. The summed E-state index contributed by atoms with van der Waals surface area (Å²) in [5.74, 6) is 0.334. The van der Waals surface area contributed by atoms with Crippen molar-refractivity contribution < 1.29 is 4.79 Å². The van der Waals surface area contributed by atoms with Crippen LogP contribution in [0.5, 0.6) is 0 Å². The van der Waals surface area contributed by atoms with E-state index in [4.69, 9.17) is 0 Å². The highest BCUT2D eigenvalue weighted by Crippen LogP contribution is 2.21. The minimum absolute atomic E-state index is 0.334. The van der Waals surface area contributed by atoms with Crippen molar-refractivity contribution in [3.05, 3.63) is 11.8 Å². The van der Waals surface area contributed by atoms with Crippen molar-refractivity contribution >= 4 is 13.9 Å². The normalized spacial score (nSPS) is 12.2. The summed E-state index contributed by atoms with van der Waals surface area (Å²) in [5, 5.41) is 0. The molecule has 0 unspecified atom stereocenters. The maximum absolute atomic E-state index is 11.6. The van der Waals surface area contributed by atoms with Gasteiger partial charge < -0.3 is 0 Å². The molecule has 0 radical (unpaired) electrons. The molecule has 0 saturated carbocycles. The van der Waals surface area contributed by atoms with Gasteiger partial charge in [0.2, 0.25) is 0 Å². The van der Waals surface area contributed by atoms with Crippen LogP contribution < -0.4 is 0 Å². The second-order valence-corrected chi connectivity index (χ2v) is 9.86. The fraction of sp³-hybridized carbons (Fsp3) is 0.786. The lowest BCUT2D eigenvalue weighted by Crippen LogP contribution is -2.28. The first kappa shape index (κ1) is 15.6. The SMILES string of the molecule is CCCCCC(=O)/C=C/[Si](CC)(CC)CC. The first-order valence-electron chi connectivity index (χ1n) is 6.86. The number of hydrogen-bond donors (Lipinski definition) is 0. The summed E-state index contributed by atoms with van der Waals surface area (Å²) in [6.45, 7) is 8.98. The minimum atomic E-state index is -1.23. The predicted molar refractivity (Wildman–Crippen MR) is 75.5 cm³/mol. The number of allylic oxidation sites excluding steroid dienone is 1. The lowest BCUT2D eigenvalue weighted by atomic mass is 10.1. The quantitative estimate of drug-likeness (QED) is 0.323. The summed E-state index contributed by atoms with van der Waals surface area (Å²) in [5.41, 5.74) is 2.29. The van der Waals surface area contributed by atoms with Gasteiger partial charge in [-0.1, -0.05) is 64.4 Å². The first-order valence-corrected chi connectivity index (χ1v) is 9.56. The van der Waals surface area contributed by atoms with Crippen LogP contribution in [-0.2, 0) is 4.79 Å². The van der Waals surface area contributed by atoms with Gasteiger partial charge in [0.05, 0.1) is 8.07 Å². The zero-order chi connectivity index (χ0) is 12.4. The molecule has 0 bridgehead atoms. The van der Waals surface area contributed by atoms with Crippen LogP contribution >= 0.6 is 0 Å². The highest BCUT2D eigenvalue weighted by atomic mass is 28.3. The van der Waals surface area contributed by atoms with E-state index in [-0.39, 0.29) is 0 Å². The van der Waals surface area contributed by atoms with Crippen LogP contribution in [0.15, 0.2) is 11.8 Å². The Morgan fingerprint density at radius 3 is 2.00 bits per heavy atom. The third kappa shape index (κ3) is 5.64. The van der Waals surface area contributed by atoms with Crippen molar-refractivity contribution in [2.24, 2.45) is 0 Å². The van der Waals surface area contributed by atoms with E-state index < -0.39 is 8.07 Å². The zero-order valence-electron chi connectivity index (χ0n) is 11.5. The Hall–Kier alpha value is -0.373. The maximum atomic E-state index is 11.6. The van der Waals surface area contributed by atoms with Crippen LogP contribution in [0.2, 0.25) is 18.1 Å². The molecule has 0 N–H and O–H groups in total. The average molecular weight is 240 g/mol. The van der Waals surface area contributed by atoms with Gasteiger partial charge in [0.25, 0.3) is 0 Å². The summed E-state index contributed by atoms with van der Waals surface area (Å²) in [6, 6.07) is 3.79. The monoisotopic (exact) mass is 240 g/mol. The van der Waals surface area contributed by atoms with E-state index in [1.54, 1.807) is 0 Å². The Morgan fingerprint density at radius 2 is 1.56 bits per heavy atom. The zero-order valence-corrected chi connectivity index (χ0v) is 12.5. The van der Waals surface area contributed by atoms with E-state index in [1.165, 1.54) is 31.0 Å². The lowest BCUT2D eigenvalue weighted by Gasteiger charge is -2.23. The maximum Gasteiger partial charge on any atom is 0.154 e. The van der Waals surface area contributed by atoms with Crippen LogP contribution in [-0.4, -0.2) is 13.9 Å². The van der Waals surface area contributed by atoms with Crippen LogP contribution in [0.4, 0.5) is 0 Å². The molecule has 0 aromatic heterocycles. The fourth-order valence-corrected chi connectivity index (χ4v) is 4.75. The Morgan fingerprint density at radius 1 is 1.00 bits per heavy atom. The molecule has 2 heteroatoms. The predicted octanol–water partition coefficient (Wildman–Crippen LogP) is 4.74. The van der Waals surface area contributed by atoms with E-state index in [2.05, 4.69) is 33.4 Å². The second kappa shape index (κ2) is 8.74. The van der Waals surface area contributed by atoms with Crippen LogP contribution in [0, 0.1) is 0 Å². The number of hydrogen-bond acceptors (Lipinski definition) is 1. The first-order chi connectivity index (χ1) is 7.64. The largest absolute Gasteiger partial charge is 0.295 e. The standard InChI is InChI=1S/C14H28OSi/c1-5-9-10-11-14(15)12-13-16(6-2,7-3)8-4/h12-13H,5-11H2,1-4H3/b13-12+. The van der Waals surface area contributed by atoms with Crippen molar-refractivity contribution in [1.82, 2.24) is 0 Å².